The lowest BCUT2D eigenvalue weighted by atomic mass is 9.99. The van der Waals surface area contributed by atoms with Crippen LogP contribution in [0.3, 0.4) is 0 Å². The topological polar surface area (TPSA) is 50.1 Å². The molecule has 0 spiro atoms. The Labute approximate surface area is 148 Å². The molecule has 128 valence electrons. The molecule has 4 heteroatoms. The molecule has 0 amide bonds. The van der Waals surface area contributed by atoms with E-state index in [-0.39, 0.29) is 0 Å². The minimum Gasteiger partial charge on any atom is -0.444 e. The van der Waals surface area contributed by atoms with Crippen molar-refractivity contribution in [2.75, 3.05) is 11.9 Å². The number of para-hydroxylation sites is 1. The van der Waals surface area contributed by atoms with Gasteiger partial charge in [0.2, 0.25) is 5.89 Å². The number of nitrogens with one attached hydrogen (secondary N) is 2. The van der Waals surface area contributed by atoms with Crippen molar-refractivity contribution >= 4 is 5.69 Å². The Balaban J connectivity index is 1.39. The summed E-state index contributed by atoms with van der Waals surface area (Å²) in [4.78, 5) is 4.58. The van der Waals surface area contributed by atoms with Crippen LogP contribution in [0.15, 0.2) is 53.1 Å². The summed E-state index contributed by atoms with van der Waals surface area (Å²) in [5.74, 6) is 0.676. The maximum atomic E-state index is 5.62. The van der Waals surface area contributed by atoms with Gasteiger partial charge >= 0.3 is 0 Å². The molecule has 2 aromatic carbocycles. The number of oxazole rings is 1. The number of fused-ring (bicyclic) bond motifs is 1. The number of hydrogen-bond acceptors (Lipinski definition) is 4. The van der Waals surface area contributed by atoms with Crippen LogP contribution in [0.5, 0.6) is 0 Å². The molecule has 4 nitrogen and oxygen atoms in total. The molecular weight excluding hydrogens is 310 g/mol. The zero-order valence-corrected chi connectivity index (χ0v) is 14.5. The minimum absolute atomic E-state index is 0.676. The van der Waals surface area contributed by atoms with Crippen molar-refractivity contribution in [3.8, 4) is 11.5 Å². The molecule has 2 N–H and O–H groups in total. The number of aromatic nitrogens is 1. The first-order chi connectivity index (χ1) is 12.3. The average molecular weight is 333 g/mol. The van der Waals surface area contributed by atoms with Crippen molar-refractivity contribution in [2.24, 2.45) is 0 Å². The maximum Gasteiger partial charge on any atom is 0.226 e. The lowest BCUT2D eigenvalue weighted by Crippen LogP contribution is -2.18. The second-order valence-corrected chi connectivity index (χ2v) is 6.60. The van der Waals surface area contributed by atoms with Crippen LogP contribution in [0.4, 0.5) is 5.69 Å². The van der Waals surface area contributed by atoms with Crippen LogP contribution in [0.1, 0.15) is 28.8 Å². The van der Waals surface area contributed by atoms with E-state index in [1.165, 1.54) is 35.2 Å². The normalized spacial score (nSPS) is 13.3. The van der Waals surface area contributed by atoms with Gasteiger partial charge in [-0.1, -0.05) is 35.9 Å². The average Bonchev–Trinajstić information content (AvgIpc) is 3.11. The minimum atomic E-state index is 0.676. The number of nitrogens with zero attached hydrogens (tertiary/aromatic N) is 1. The van der Waals surface area contributed by atoms with E-state index in [4.69, 9.17) is 4.42 Å². The second kappa shape index (κ2) is 7.11. The first kappa shape index (κ1) is 15.9. The first-order valence-corrected chi connectivity index (χ1v) is 8.86. The lowest BCUT2D eigenvalue weighted by molar-refractivity contribution is 0.570. The highest BCUT2D eigenvalue weighted by Gasteiger charge is 2.12. The van der Waals surface area contributed by atoms with Gasteiger partial charge in [0.15, 0.2) is 0 Å². The van der Waals surface area contributed by atoms with E-state index in [0.29, 0.717) is 12.4 Å². The summed E-state index contributed by atoms with van der Waals surface area (Å²) in [5.41, 5.74) is 7.22. The van der Waals surface area contributed by atoms with Crippen LogP contribution in [0, 0.1) is 6.92 Å². The highest BCUT2D eigenvalue weighted by molar-refractivity contribution is 5.59. The molecule has 0 aliphatic carbocycles. The summed E-state index contributed by atoms with van der Waals surface area (Å²) in [6, 6.07) is 14.8. The number of hydrogen-bond donors (Lipinski definition) is 2. The molecule has 1 aliphatic heterocycles. The van der Waals surface area contributed by atoms with Gasteiger partial charge < -0.3 is 15.1 Å². The zero-order valence-electron chi connectivity index (χ0n) is 14.5. The van der Waals surface area contributed by atoms with Crippen molar-refractivity contribution in [2.45, 2.75) is 32.9 Å². The smallest absolute Gasteiger partial charge is 0.226 e. The Morgan fingerprint density at radius 1 is 1.12 bits per heavy atom. The van der Waals surface area contributed by atoms with Gasteiger partial charge in [-0.05, 0) is 43.0 Å². The van der Waals surface area contributed by atoms with Crippen LogP contribution >= 0.6 is 0 Å². The van der Waals surface area contributed by atoms with Crippen molar-refractivity contribution in [3.63, 3.8) is 0 Å². The lowest BCUT2D eigenvalue weighted by Gasteiger charge is -2.21. The molecule has 0 radical (unpaired) electrons. The van der Waals surface area contributed by atoms with E-state index >= 15 is 0 Å². The SMILES string of the molecule is Cc1ccc(-c2nc(CNCc3cccc4c3NCCC4)co2)cc1. The van der Waals surface area contributed by atoms with Crippen molar-refractivity contribution in [1.29, 1.82) is 0 Å². The fourth-order valence-electron chi connectivity index (χ4n) is 3.27. The largest absolute Gasteiger partial charge is 0.444 e. The summed E-state index contributed by atoms with van der Waals surface area (Å²) in [6.07, 6.45) is 4.12. The van der Waals surface area contributed by atoms with Gasteiger partial charge in [-0.25, -0.2) is 4.98 Å². The third kappa shape index (κ3) is 3.59. The predicted molar refractivity (Wildman–Crippen MR) is 100 cm³/mol. The predicted octanol–water partition coefficient (Wildman–Crippen LogP) is 4.30. The van der Waals surface area contributed by atoms with Crippen LogP contribution in [0.25, 0.3) is 11.5 Å². The summed E-state index contributed by atoms with van der Waals surface area (Å²) >= 11 is 0. The van der Waals surface area contributed by atoms with Gasteiger partial charge in [-0.2, -0.15) is 0 Å². The number of rotatable bonds is 5. The van der Waals surface area contributed by atoms with E-state index in [2.05, 4.69) is 52.9 Å². The van der Waals surface area contributed by atoms with Gasteiger partial charge in [-0.15, -0.1) is 0 Å². The molecule has 0 fully saturated rings. The molecule has 1 aliphatic rings. The molecule has 2 heterocycles. The molecule has 4 rings (SSSR count). The highest BCUT2D eigenvalue weighted by Crippen LogP contribution is 2.26. The molecule has 3 aromatic rings. The maximum absolute atomic E-state index is 5.62. The summed E-state index contributed by atoms with van der Waals surface area (Å²) in [5, 5.41) is 7.02. The Hall–Kier alpha value is -2.59. The Morgan fingerprint density at radius 3 is 2.88 bits per heavy atom. The monoisotopic (exact) mass is 333 g/mol. The summed E-state index contributed by atoms with van der Waals surface area (Å²) in [6.45, 7) is 4.65. The standard InChI is InChI=1S/C21H23N3O/c1-15-7-9-17(10-8-15)21-24-19(14-25-21)13-22-12-18-5-2-4-16-6-3-11-23-20(16)18/h2,4-5,7-10,14,22-23H,3,6,11-13H2,1H3. The third-order valence-corrected chi connectivity index (χ3v) is 4.63. The molecular formula is C21H23N3O. The summed E-state index contributed by atoms with van der Waals surface area (Å²) in [7, 11) is 0. The Morgan fingerprint density at radius 2 is 2.00 bits per heavy atom. The van der Waals surface area contributed by atoms with E-state index in [1.807, 2.05) is 12.1 Å². The zero-order chi connectivity index (χ0) is 17.1. The van der Waals surface area contributed by atoms with E-state index in [0.717, 1.165) is 24.3 Å². The summed E-state index contributed by atoms with van der Waals surface area (Å²) < 4.78 is 5.62. The molecule has 1 aromatic heterocycles. The van der Waals surface area contributed by atoms with Crippen LogP contribution in [0.2, 0.25) is 0 Å². The van der Waals surface area contributed by atoms with Crippen LogP contribution < -0.4 is 10.6 Å². The van der Waals surface area contributed by atoms with Crippen molar-refractivity contribution < 1.29 is 4.42 Å². The molecule has 0 unspecified atom stereocenters. The quantitative estimate of drug-likeness (QED) is 0.731. The third-order valence-electron chi connectivity index (χ3n) is 4.63. The van der Waals surface area contributed by atoms with Crippen molar-refractivity contribution in [1.82, 2.24) is 10.3 Å². The van der Waals surface area contributed by atoms with Gasteiger partial charge in [0.05, 0.1) is 5.69 Å². The van der Waals surface area contributed by atoms with Crippen molar-refractivity contribution in [3.05, 3.63) is 71.1 Å². The molecule has 0 saturated heterocycles. The van der Waals surface area contributed by atoms with Crippen LogP contribution in [-0.4, -0.2) is 11.5 Å². The van der Waals surface area contributed by atoms with Gasteiger partial charge in [-0.3, -0.25) is 0 Å². The molecule has 0 bridgehead atoms. The van der Waals surface area contributed by atoms with E-state index in [9.17, 15) is 0 Å². The number of anilines is 1. The second-order valence-electron chi connectivity index (χ2n) is 6.60. The van der Waals surface area contributed by atoms with Gasteiger partial charge in [0, 0.05) is 30.9 Å². The highest BCUT2D eigenvalue weighted by atomic mass is 16.3. The van der Waals surface area contributed by atoms with Crippen LogP contribution in [-0.2, 0) is 19.5 Å². The van der Waals surface area contributed by atoms with E-state index in [1.54, 1.807) is 6.26 Å². The first-order valence-electron chi connectivity index (χ1n) is 8.86. The Kier molecular flexibility index (Phi) is 4.53. The van der Waals surface area contributed by atoms with Gasteiger partial charge in [0.25, 0.3) is 0 Å². The fourth-order valence-corrected chi connectivity index (χ4v) is 3.27. The number of benzene rings is 2. The van der Waals surface area contributed by atoms with E-state index < -0.39 is 0 Å². The van der Waals surface area contributed by atoms with Gasteiger partial charge in [0.1, 0.15) is 6.26 Å². The Bertz CT molecular complexity index is 852. The number of aryl methyl sites for hydroxylation is 2. The molecule has 0 saturated carbocycles. The molecule has 0 atom stereocenters. The molecule has 25 heavy (non-hydrogen) atoms. The fraction of sp³-hybridized carbons (Fsp3) is 0.286.